The normalized spacial score (nSPS) is 13.7. The molecule has 0 amide bonds. The molecule has 22 heavy (non-hydrogen) atoms. The molecule has 0 bridgehead atoms. The smallest absolute Gasteiger partial charge is 0.0655 e. The minimum absolute atomic E-state index is 0.326. The van der Waals surface area contributed by atoms with E-state index in [0.29, 0.717) is 5.92 Å². The second-order valence-electron chi connectivity index (χ2n) is 7.24. The summed E-state index contributed by atoms with van der Waals surface area (Å²) in [4.78, 5) is 0. The fourth-order valence-corrected chi connectivity index (χ4v) is 3.06. The average Bonchev–Trinajstić information content (AvgIpc) is 2.54. The summed E-state index contributed by atoms with van der Waals surface area (Å²) in [6, 6.07) is 2.51. The van der Waals surface area contributed by atoms with Crippen LogP contribution < -0.4 is 0 Å². The molecule has 0 aliphatic carbocycles. The summed E-state index contributed by atoms with van der Waals surface area (Å²) < 4.78 is 0. The Hall–Kier alpha value is -0.510. The fourth-order valence-electron chi connectivity index (χ4n) is 3.06. The van der Waals surface area contributed by atoms with Gasteiger partial charge in [0.15, 0.2) is 0 Å². The molecule has 0 N–H and O–H groups in total. The molecule has 0 aromatic carbocycles. The van der Waals surface area contributed by atoms with Crippen LogP contribution in [0.25, 0.3) is 0 Å². The van der Waals surface area contributed by atoms with Crippen molar-refractivity contribution in [1.29, 1.82) is 5.26 Å². The number of rotatable bonds is 16. The van der Waals surface area contributed by atoms with E-state index in [9.17, 15) is 5.26 Å². The molecular weight excluding hydrogens is 266 g/mol. The SMILES string of the molecule is CCCCCCC(C#N)CCCCCCCCCC(C)CC. The van der Waals surface area contributed by atoms with Crippen LogP contribution in [0, 0.1) is 23.2 Å². The Bertz CT molecular complexity index is 253. The Balaban J connectivity index is 3.31. The molecular formula is C21H41N. The Morgan fingerprint density at radius 1 is 0.682 bits per heavy atom. The fraction of sp³-hybridized carbons (Fsp3) is 0.952. The van der Waals surface area contributed by atoms with Gasteiger partial charge >= 0.3 is 0 Å². The molecule has 0 saturated heterocycles. The first-order valence-corrected chi connectivity index (χ1v) is 10.1. The predicted molar refractivity (Wildman–Crippen MR) is 98.9 cm³/mol. The van der Waals surface area contributed by atoms with Crippen LogP contribution in [-0.2, 0) is 0 Å². The molecule has 2 unspecified atom stereocenters. The van der Waals surface area contributed by atoms with Crippen molar-refractivity contribution in [2.24, 2.45) is 11.8 Å². The molecule has 2 atom stereocenters. The summed E-state index contributed by atoms with van der Waals surface area (Å²) in [6.07, 6.45) is 19.8. The van der Waals surface area contributed by atoms with E-state index >= 15 is 0 Å². The summed E-state index contributed by atoms with van der Waals surface area (Å²) in [5.74, 6) is 1.24. The highest BCUT2D eigenvalue weighted by Crippen LogP contribution is 2.18. The van der Waals surface area contributed by atoms with Crippen molar-refractivity contribution in [2.45, 2.75) is 117 Å². The van der Waals surface area contributed by atoms with Gasteiger partial charge in [-0.05, 0) is 18.8 Å². The first kappa shape index (κ1) is 21.5. The third-order valence-corrected chi connectivity index (χ3v) is 5.04. The van der Waals surface area contributed by atoms with E-state index in [1.54, 1.807) is 0 Å². The van der Waals surface area contributed by atoms with Crippen LogP contribution in [0.15, 0.2) is 0 Å². The van der Waals surface area contributed by atoms with Gasteiger partial charge in [-0.1, -0.05) is 104 Å². The standard InChI is InChI=1S/C21H41N/c1-4-6-7-14-17-21(19-22)18-15-12-10-8-9-11-13-16-20(3)5-2/h20-21H,4-18H2,1-3H3. The molecule has 130 valence electrons. The lowest BCUT2D eigenvalue weighted by Gasteiger charge is -2.09. The molecule has 0 aliphatic heterocycles. The van der Waals surface area contributed by atoms with Gasteiger partial charge in [0.2, 0.25) is 0 Å². The van der Waals surface area contributed by atoms with Crippen molar-refractivity contribution < 1.29 is 0 Å². The Morgan fingerprint density at radius 3 is 1.59 bits per heavy atom. The molecule has 0 fully saturated rings. The van der Waals surface area contributed by atoms with Gasteiger partial charge in [-0.15, -0.1) is 0 Å². The molecule has 0 aromatic rings. The van der Waals surface area contributed by atoms with Crippen molar-refractivity contribution in [3.05, 3.63) is 0 Å². The van der Waals surface area contributed by atoms with Crippen LogP contribution in [-0.4, -0.2) is 0 Å². The molecule has 1 nitrogen and oxygen atoms in total. The number of nitriles is 1. The number of hydrogen-bond acceptors (Lipinski definition) is 1. The Morgan fingerprint density at radius 2 is 1.14 bits per heavy atom. The van der Waals surface area contributed by atoms with E-state index in [0.717, 1.165) is 18.8 Å². The molecule has 0 aliphatic rings. The molecule has 0 aromatic heterocycles. The summed E-state index contributed by atoms with van der Waals surface area (Å²) in [5.41, 5.74) is 0. The maximum atomic E-state index is 9.20. The maximum Gasteiger partial charge on any atom is 0.0655 e. The maximum absolute atomic E-state index is 9.20. The highest BCUT2D eigenvalue weighted by atomic mass is 14.3. The van der Waals surface area contributed by atoms with Gasteiger partial charge in [0.25, 0.3) is 0 Å². The number of unbranched alkanes of at least 4 members (excludes halogenated alkanes) is 9. The molecule has 1 heteroatoms. The molecule has 0 saturated carbocycles. The lowest BCUT2D eigenvalue weighted by Crippen LogP contribution is -1.97. The highest BCUT2D eigenvalue weighted by Gasteiger charge is 2.06. The van der Waals surface area contributed by atoms with Gasteiger partial charge in [-0.3, -0.25) is 0 Å². The van der Waals surface area contributed by atoms with E-state index < -0.39 is 0 Å². The van der Waals surface area contributed by atoms with E-state index in [1.807, 2.05) is 0 Å². The van der Waals surface area contributed by atoms with Gasteiger partial charge in [-0.25, -0.2) is 0 Å². The van der Waals surface area contributed by atoms with E-state index in [1.165, 1.54) is 83.5 Å². The number of nitrogens with zero attached hydrogens (tertiary/aromatic N) is 1. The van der Waals surface area contributed by atoms with Crippen molar-refractivity contribution in [1.82, 2.24) is 0 Å². The van der Waals surface area contributed by atoms with Crippen LogP contribution in [0.4, 0.5) is 0 Å². The number of hydrogen-bond donors (Lipinski definition) is 0. The zero-order valence-electron chi connectivity index (χ0n) is 15.7. The topological polar surface area (TPSA) is 23.8 Å². The van der Waals surface area contributed by atoms with Crippen molar-refractivity contribution in [3.8, 4) is 6.07 Å². The van der Waals surface area contributed by atoms with Crippen LogP contribution in [0.3, 0.4) is 0 Å². The van der Waals surface area contributed by atoms with E-state index in [2.05, 4.69) is 26.8 Å². The largest absolute Gasteiger partial charge is 0.198 e. The average molecular weight is 308 g/mol. The van der Waals surface area contributed by atoms with Gasteiger partial charge < -0.3 is 0 Å². The molecule has 0 radical (unpaired) electrons. The van der Waals surface area contributed by atoms with Crippen LogP contribution in [0.2, 0.25) is 0 Å². The van der Waals surface area contributed by atoms with Crippen molar-refractivity contribution in [2.75, 3.05) is 0 Å². The van der Waals surface area contributed by atoms with Crippen molar-refractivity contribution in [3.63, 3.8) is 0 Å². The van der Waals surface area contributed by atoms with Crippen LogP contribution >= 0.6 is 0 Å². The monoisotopic (exact) mass is 307 g/mol. The second kappa shape index (κ2) is 16.9. The predicted octanol–water partition coefficient (Wildman–Crippen LogP) is 7.65. The van der Waals surface area contributed by atoms with Gasteiger partial charge in [0.05, 0.1) is 6.07 Å². The minimum atomic E-state index is 0.326. The second-order valence-corrected chi connectivity index (χ2v) is 7.24. The zero-order chi connectivity index (χ0) is 16.5. The van der Waals surface area contributed by atoms with Crippen molar-refractivity contribution >= 4 is 0 Å². The summed E-state index contributed by atoms with van der Waals surface area (Å²) in [6.45, 7) is 6.91. The Labute approximate surface area is 140 Å². The first-order valence-electron chi connectivity index (χ1n) is 10.1. The molecule has 0 spiro atoms. The van der Waals surface area contributed by atoms with Crippen LogP contribution in [0.5, 0.6) is 0 Å². The molecule has 0 rings (SSSR count). The summed E-state index contributed by atoms with van der Waals surface area (Å²) in [7, 11) is 0. The molecule has 0 heterocycles. The minimum Gasteiger partial charge on any atom is -0.198 e. The zero-order valence-corrected chi connectivity index (χ0v) is 15.7. The van der Waals surface area contributed by atoms with Gasteiger partial charge in [-0.2, -0.15) is 5.26 Å². The third-order valence-electron chi connectivity index (χ3n) is 5.04. The van der Waals surface area contributed by atoms with E-state index in [4.69, 9.17) is 0 Å². The Kier molecular flexibility index (Phi) is 16.5. The summed E-state index contributed by atoms with van der Waals surface area (Å²) in [5, 5.41) is 9.20. The summed E-state index contributed by atoms with van der Waals surface area (Å²) >= 11 is 0. The third kappa shape index (κ3) is 14.4. The lowest BCUT2D eigenvalue weighted by molar-refractivity contribution is 0.459. The van der Waals surface area contributed by atoms with Gasteiger partial charge in [0, 0.05) is 5.92 Å². The quantitative estimate of drug-likeness (QED) is 0.268. The van der Waals surface area contributed by atoms with E-state index in [-0.39, 0.29) is 0 Å². The van der Waals surface area contributed by atoms with Gasteiger partial charge in [0.1, 0.15) is 0 Å². The lowest BCUT2D eigenvalue weighted by atomic mass is 9.95. The highest BCUT2D eigenvalue weighted by molar-refractivity contribution is 4.82. The first-order chi connectivity index (χ1) is 10.7. The van der Waals surface area contributed by atoms with Crippen LogP contribution in [0.1, 0.15) is 117 Å².